The van der Waals surface area contributed by atoms with Gasteiger partial charge in [-0.2, -0.15) is 5.26 Å². The lowest BCUT2D eigenvalue weighted by molar-refractivity contribution is 0.0600. The number of pyridine rings is 1. The van der Waals surface area contributed by atoms with E-state index in [0.717, 1.165) is 19.4 Å². The molecule has 180 valence electrons. The van der Waals surface area contributed by atoms with Crippen LogP contribution in [0.25, 0.3) is 16.9 Å². The fourth-order valence-corrected chi connectivity index (χ4v) is 4.88. The molecule has 2 aliphatic rings. The predicted molar refractivity (Wildman–Crippen MR) is 129 cm³/mol. The maximum absolute atomic E-state index is 14.4. The van der Waals surface area contributed by atoms with Gasteiger partial charge in [-0.05, 0) is 69.0 Å². The molecule has 1 unspecified atom stereocenters. The van der Waals surface area contributed by atoms with Gasteiger partial charge < -0.3 is 4.90 Å². The van der Waals surface area contributed by atoms with Crippen LogP contribution in [0, 0.1) is 24.1 Å². The lowest BCUT2D eigenvalue weighted by Crippen LogP contribution is -2.49. The van der Waals surface area contributed by atoms with Crippen molar-refractivity contribution in [2.45, 2.75) is 44.7 Å². The van der Waals surface area contributed by atoms with Crippen LogP contribution in [0.3, 0.4) is 0 Å². The van der Waals surface area contributed by atoms with Crippen LogP contribution in [-0.4, -0.2) is 62.7 Å². The third kappa shape index (κ3) is 4.26. The number of halogens is 1. The second kappa shape index (κ2) is 9.12. The summed E-state index contributed by atoms with van der Waals surface area (Å²) in [5, 5.41) is 11.9. The molecule has 1 atom stereocenters. The third-order valence-corrected chi connectivity index (χ3v) is 7.17. The van der Waals surface area contributed by atoms with E-state index in [9.17, 15) is 14.0 Å². The van der Waals surface area contributed by atoms with Crippen molar-refractivity contribution in [3.63, 3.8) is 0 Å². The summed E-state index contributed by atoms with van der Waals surface area (Å²) in [5.74, 6) is -0.364. The zero-order chi connectivity index (χ0) is 24.7. The summed E-state index contributed by atoms with van der Waals surface area (Å²) >= 11 is 0. The molecule has 5 rings (SSSR count). The van der Waals surface area contributed by atoms with Gasteiger partial charge in [-0.25, -0.2) is 14.1 Å². The van der Waals surface area contributed by atoms with E-state index in [2.05, 4.69) is 22.0 Å². The van der Waals surface area contributed by atoms with Crippen LogP contribution >= 0.6 is 0 Å². The Hall–Kier alpha value is -3.77. The number of carbonyl (C=O) groups excluding carboxylic acids is 1. The van der Waals surface area contributed by atoms with Crippen molar-refractivity contribution in [1.82, 2.24) is 24.6 Å². The van der Waals surface area contributed by atoms with E-state index in [0.29, 0.717) is 35.6 Å². The van der Waals surface area contributed by atoms with E-state index >= 15 is 0 Å². The molecule has 2 fully saturated rings. The third-order valence-electron chi connectivity index (χ3n) is 7.17. The summed E-state index contributed by atoms with van der Waals surface area (Å²) in [6.07, 6.45) is 7.55. The fourth-order valence-electron chi connectivity index (χ4n) is 4.88. The number of nitriles is 1. The van der Waals surface area contributed by atoms with Gasteiger partial charge in [0.2, 0.25) is 0 Å². The van der Waals surface area contributed by atoms with Gasteiger partial charge in [0.15, 0.2) is 5.82 Å². The van der Waals surface area contributed by atoms with E-state index in [4.69, 9.17) is 5.26 Å². The van der Waals surface area contributed by atoms with Crippen molar-refractivity contribution < 1.29 is 9.18 Å². The molecular formula is C26H27FN6O2. The lowest BCUT2D eigenvalue weighted by Gasteiger charge is -2.37. The Bertz CT molecular complexity index is 1370. The second-order valence-corrected chi connectivity index (χ2v) is 9.39. The van der Waals surface area contributed by atoms with Crippen LogP contribution in [0.5, 0.6) is 0 Å². The molecule has 9 heteroatoms. The number of hydrogen-bond donors (Lipinski definition) is 1. The highest BCUT2D eigenvalue weighted by Crippen LogP contribution is 2.30. The number of hydrogen-bond acceptors (Lipinski definition) is 5. The molecule has 2 aromatic heterocycles. The number of H-pyrrole nitrogens is 1. The fraction of sp³-hybridized carbons (Fsp3) is 0.385. The van der Waals surface area contributed by atoms with Crippen LogP contribution in [0.15, 0.2) is 41.5 Å². The summed E-state index contributed by atoms with van der Waals surface area (Å²) < 4.78 is 15.7. The van der Waals surface area contributed by atoms with E-state index < -0.39 is 11.4 Å². The molecule has 0 radical (unpaired) electrons. The van der Waals surface area contributed by atoms with Gasteiger partial charge >= 0.3 is 0 Å². The summed E-state index contributed by atoms with van der Waals surface area (Å²) in [4.78, 5) is 34.8. The maximum Gasteiger partial charge on any atom is 0.280 e. The van der Waals surface area contributed by atoms with Crippen molar-refractivity contribution in [1.29, 1.82) is 5.26 Å². The molecule has 1 N–H and O–H groups in total. The van der Waals surface area contributed by atoms with Crippen LogP contribution in [-0.2, 0) is 0 Å². The Morgan fingerprint density at radius 1 is 1.20 bits per heavy atom. The maximum atomic E-state index is 14.4. The van der Waals surface area contributed by atoms with E-state index in [1.54, 1.807) is 24.3 Å². The molecule has 1 saturated heterocycles. The molecule has 1 aliphatic heterocycles. The van der Waals surface area contributed by atoms with E-state index in [1.165, 1.54) is 42.9 Å². The van der Waals surface area contributed by atoms with Crippen LogP contribution < -0.4 is 5.56 Å². The minimum Gasteiger partial charge on any atom is -0.337 e. The van der Waals surface area contributed by atoms with Crippen molar-refractivity contribution in [3.05, 3.63) is 69.5 Å². The monoisotopic (exact) mass is 474 g/mol. The number of nitrogens with one attached hydrogen (secondary N) is 1. The summed E-state index contributed by atoms with van der Waals surface area (Å²) in [6, 6.07) is 9.08. The highest BCUT2D eigenvalue weighted by Gasteiger charge is 2.34. The first-order valence-corrected chi connectivity index (χ1v) is 11.9. The Kier molecular flexibility index (Phi) is 5.99. The first-order chi connectivity index (χ1) is 16.9. The van der Waals surface area contributed by atoms with Gasteiger partial charge in [0.1, 0.15) is 11.9 Å². The van der Waals surface area contributed by atoms with E-state index in [1.807, 2.05) is 4.90 Å². The predicted octanol–water partition coefficient (Wildman–Crippen LogP) is 3.25. The minimum absolute atomic E-state index is 0.0545. The van der Waals surface area contributed by atoms with Gasteiger partial charge in [0, 0.05) is 37.6 Å². The first-order valence-electron chi connectivity index (χ1n) is 11.9. The van der Waals surface area contributed by atoms with E-state index in [-0.39, 0.29) is 22.6 Å². The highest BCUT2D eigenvalue weighted by molar-refractivity contribution is 5.94. The number of rotatable bonds is 5. The topological polar surface area (TPSA) is 98.0 Å². The van der Waals surface area contributed by atoms with Gasteiger partial charge in [0.25, 0.3) is 11.5 Å². The van der Waals surface area contributed by atoms with Gasteiger partial charge in [0.05, 0.1) is 16.7 Å². The number of piperidine rings is 1. The molecule has 8 nitrogen and oxygen atoms in total. The van der Waals surface area contributed by atoms with Crippen molar-refractivity contribution in [3.8, 4) is 23.0 Å². The second-order valence-electron chi connectivity index (χ2n) is 9.39. The van der Waals surface area contributed by atoms with Gasteiger partial charge in [-0.3, -0.25) is 19.6 Å². The van der Waals surface area contributed by atoms with Crippen molar-refractivity contribution in [2.75, 3.05) is 20.1 Å². The zero-order valence-corrected chi connectivity index (χ0v) is 19.8. The van der Waals surface area contributed by atoms with Crippen LogP contribution in [0.1, 0.15) is 47.2 Å². The van der Waals surface area contributed by atoms with Crippen molar-refractivity contribution >= 4 is 5.91 Å². The standard InChI is InChI=1S/C26H27FN6O2/c1-16-21(9-5-17(12-28)24(16)27)22-14-30-33(26(22)35)23-10-6-18(13-29-23)25(34)32-11-3-4-20(15-32)31(2)19-7-8-19/h5-6,9-10,13-14,19-20,30H,3-4,7-8,11,15H2,1-2H3. The molecular weight excluding hydrogens is 447 g/mol. The molecule has 3 heterocycles. The molecule has 0 spiro atoms. The van der Waals surface area contributed by atoms with Gasteiger partial charge in [-0.1, -0.05) is 6.07 Å². The summed E-state index contributed by atoms with van der Waals surface area (Å²) in [6.45, 7) is 2.98. The SMILES string of the molecule is Cc1c(-c2c[nH]n(-c3ccc(C(=O)N4CCCC(N(C)C5CC5)C4)cn3)c2=O)ccc(C#N)c1F. The average Bonchev–Trinajstić information content (AvgIpc) is 3.67. The first kappa shape index (κ1) is 23.0. The largest absolute Gasteiger partial charge is 0.337 e. The number of aromatic amines is 1. The lowest BCUT2D eigenvalue weighted by atomic mass is 10.0. The Labute approximate surface area is 202 Å². The minimum atomic E-state index is -0.638. The number of likely N-dealkylation sites (tertiary alicyclic amines) is 1. The molecule has 1 saturated carbocycles. The highest BCUT2D eigenvalue weighted by atomic mass is 19.1. The summed E-state index contributed by atoms with van der Waals surface area (Å²) in [5.41, 5.74) is 0.923. The number of likely N-dealkylation sites (N-methyl/N-ethyl adjacent to an activating group) is 1. The number of amides is 1. The molecule has 35 heavy (non-hydrogen) atoms. The quantitative estimate of drug-likeness (QED) is 0.612. The average molecular weight is 475 g/mol. The summed E-state index contributed by atoms with van der Waals surface area (Å²) in [7, 11) is 2.16. The Balaban J connectivity index is 1.35. The van der Waals surface area contributed by atoms with Crippen LogP contribution in [0.4, 0.5) is 4.39 Å². The Morgan fingerprint density at radius 3 is 2.69 bits per heavy atom. The smallest absolute Gasteiger partial charge is 0.280 e. The molecule has 3 aromatic rings. The molecule has 1 aliphatic carbocycles. The molecule has 1 amide bonds. The normalized spacial score (nSPS) is 18.0. The van der Waals surface area contributed by atoms with Gasteiger partial charge in [-0.15, -0.1) is 0 Å². The number of carbonyl (C=O) groups is 1. The van der Waals surface area contributed by atoms with Crippen LogP contribution in [0.2, 0.25) is 0 Å². The zero-order valence-electron chi connectivity index (χ0n) is 19.8. The number of aromatic nitrogens is 3. The number of nitrogens with zero attached hydrogens (tertiary/aromatic N) is 5. The van der Waals surface area contributed by atoms with Crippen molar-refractivity contribution in [2.24, 2.45) is 0 Å². The molecule has 0 bridgehead atoms. The molecule has 1 aromatic carbocycles. The Morgan fingerprint density at radius 2 is 2.00 bits per heavy atom. The number of benzene rings is 1.